The van der Waals surface area contributed by atoms with E-state index in [2.05, 4.69) is 53.7 Å². The predicted molar refractivity (Wildman–Crippen MR) is 106 cm³/mol. The van der Waals surface area contributed by atoms with E-state index in [1.807, 2.05) is 5.57 Å². The van der Waals surface area contributed by atoms with Crippen LogP contribution < -0.4 is 0 Å². The summed E-state index contributed by atoms with van der Waals surface area (Å²) in [4.78, 5) is 0. The molecular weight excluding hydrogens is 288 g/mol. The molecule has 0 bridgehead atoms. The van der Waals surface area contributed by atoms with Crippen molar-refractivity contribution in [2.45, 2.75) is 86.5 Å². The lowest BCUT2D eigenvalue weighted by Crippen LogP contribution is -2.31. The first-order valence-electron chi connectivity index (χ1n) is 10.6. The second-order valence-corrected chi connectivity index (χ2v) is 8.90. The van der Waals surface area contributed by atoms with E-state index in [4.69, 9.17) is 0 Å². The van der Waals surface area contributed by atoms with Gasteiger partial charge in [-0.2, -0.15) is 0 Å². The molecule has 0 heterocycles. The normalized spacial score (nSPS) is 30.0. The van der Waals surface area contributed by atoms with Gasteiger partial charge in [0, 0.05) is 5.41 Å². The van der Waals surface area contributed by atoms with Crippen LogP contribution in [-0.4, -0.2) is 0 Å². The molecule has 0 saturated heterocycles. The average Bonchev–Trinajstić information content (AvgIpc) is 2.89. The standard InChI is InChI=1S/C24H38/c1-7-17(6)19-11-13-21-20-12-10-18(16(4)5)14-22(20)24(8-2,9-3)23(21)15-19/h14-17,20,22H,7-13H2,1-6H3. The number of hydrogen-bond donors (Lipinski definition) is 0. The van der Waals surface area contributed by atoms with Crippen molar-refractivity contribution in [2.24, 2.45) is 29.1 Å². The molecule has 3 atom stereocenters. The van der Waals surface area contributed by atoms with Crippen LogP contribution in [0.25, 0.3) is 0 Å². The molecule has 3 aliphatic rings. The molecular formula is C24H38. The minimum absolute atomic E-state index is 0.416. The van der Waals surface area contributed by atoms with Gasteiger partial charge in [-0.05, 0) is 74.2 Å². The summed E-state index contributed by atoms with van der Waals surface area (Å²) < 4.78 is 0. The molecule has 0 aromatic carbocycles. The van der Waals surface area contributed by atoms with Gasteiger partial charge in [0.25, 0.3) is 0 Å². The van der Waals surface area contributed by atoms with Gasteiger partial charge in [-0.1, -0.05) is 70.4 Å². The summed E-state index contributed by atoms with van der Waals surface area (Å²) in [5.74, 6) is 3.10. The third-order valence-corrected chi connectivity index (χ3v) is 7.80. The molecule has 0 nitrogen and oxygen atoms in total. The molecule has 0 spiro atoms. The number of fused-ring (bicyclic) bond motifs is 2. The predicted octanol–water partition coefficient (Wildman–Crippen LogP) is 7.48. The van der Waals surface area contributed by atoms with E-state index in [1.54, 1.807) is 16.7 Å². The summed E-state index contributed by atoms with van der Waals surface area (Å²) in [6.45, 7) is 14.4. The maximum absolute atomic E-state index is 2.74. The molecule has 0 saturated carbocycles. The molecule has 3 rings (SSSR count). The molecule has 0 heteroatoms. The molecule has 0 aromatic rings. The number of rotatable bonds is 5. The van der Waals surface area contributed by atoms with Crippen molar-refractivity contribution in [1.82, 2.24) is 0 Å². The first kappa shape index (κ1) is 18.0. The fourth-order valence-corrected chi connectivity index (χ4v) is 5.89. The van der Waals surface area contributed by atoms with E-state index >= 15 is 0 Å². The summed E-state index contributed by atoms with van der Waals surface area (Å²) in [5.41, 5.74) is 7.52. The third-order valence-electron chi connectivity index (χ3n) is 7.80. The molecule has 0 radical (unpaired) electrons. The molecule has 24 heavy (non-hydrogen) atoms. The van der Waals surface area contributed by atoms with Crippen molar-refractivity contribution in [3.8, 4) is 0 Å². The van der Waals surface area contributed by atoms with Gasteiger partial charge >= 0.3 is 0 Å². The SMILES string of the molecule is CCC(C)C1=CC2=C(CC1)C1CCC(C(C)C)=CC1C2(CC)CC. The molecule has 0 N–H and O–H groups in total. The summed E-state index contributed by atoms with van der Waals surface area (Å²) in [5, 5.41) is 0. The minimum atomic E-state index is 0.416. The quantitative estimate of drug-likeness (QED) is 0.459. The van der Waals surface area contributed by atoms with Crippen LogP contribution in [0.5, 0.6) is 0 Å². The maximum Gasteiger partial charge on any atom is 0.00160 e. The van der Waals surface area contributed by atoms with E-state index in [9.17, 15) is 0 Å². The summed E-state index contributed by atoms with van der Waals surface area (Å²) in [7, 11) is 0. The van der Waals surface area contributed by atoms with Gasteiger partial charge in [0.05, 0.1) is 0 Å². The van der Waals surface area contributed by atoms with Crippen molar-refractivity contribution in [3.63, 3.8) is 0 Å². The van der Waals surface area contributed by atoms with Crippen LogP contribution in [0, 0.1) is 29.1 Å². The van der Waals surface area contributed by atoms with Crippen LogP contribution in [0.2, 0.25) is 0 Å². The summed E-state index contributed by atoms with van der Waals surface area (Å²) in [6.07, 6.45) is 14.7. The van der Waals surface area contributed by atoms with Crippen LogP contribution in [-0.2, 0) is 0 Å². The van der Waals surface area contributed by atoms with Crippen molar-refractivity contribution < 1.29 is 0 Å². The molecule has 134 valence electrons. The maximum atomic E-state index is 2.74. The molecule has 0 amide bonds. The van der Waals surface area contributed by atoms with Crippen molar-refractivity contribution in [3.05, 3.63) is 34.4 Å². The monoisotopic (exact) mass is 326 g/mol. The summed E-state index contributed by atoms with van der Waals surface area (Å²) in [6, 6.07) is 0. The van der Waals surface area contributed by atoms with Gasteiger partial charge in [0.1, 0.15) is 0 Å². The van der Waals surface area contributed by atoms with Crippen LogP contribution >= 0.6 is 0 Å². The molecule has 0 aromatic heterocycles. The Morgan fingerprint density at radius 2 is 1.71 bits per heavy atom. The van der Waals surface area contributed by atoms with Crippen molar-refractivity contribution >= 4 is 0 Å². The molecule has 3 aliphatic carbocycles. The number of allylic oxidation sites excluding steroid dienone is 6. The zero-order chi connectivity index (χ0) is 17.5. The zero-order valence-electron chi connectivity index (χ0n) is 16.9. The highest BCUT2D eigenvalue weighted by Crippen LogP contribution is 2.61. The Labute approximate surface area is 150 Å². The second kappa shape index (κ2) is 6.85. The Morgan fingerprint density at radius 1 is 1.00 bits per heavy atom. The Kier molecular flexibility index (Phi) is 5.14. The lowest BCUT2D eigenvalue weighted by Gasteiger charge is -2.40. The summed E-state index contributed by atoms with van der Waals surface area (Å²) >= 11 is 0. The fraction of sp³-hybridized carbons (Fsp3) is 0.750. The third kappa shape index (κ3) is 2.65. The van der Waals surface area contributed by atoms with E-state index in [-0.39, 0.29) is 0 Å². The van der Waals surface area contributed by atoms with E-state index in [0.717, 1.165) is 23.7 Å². The van der Waals surface area contributed by atoms with Gasteiger partial charge in [0.2, 0.25) is 0 Å². The second-order valence-electron chi connectivity index (χ2n) is 8.90. The molecule has 0 fully saturated rings. The highest BCUT2D eigenvalue weighted by Gasteiger charge is 2.51. The zero-order valence-corrected chi connectivity index (χ0v) is 16.9. The van der Waals surface area contributed by atoms with E-state index in [0.29, 0.717) is 5.41 Å². The molecule has 0 aliphatic heterocycles. The van der Waals surface area contributed by atoms with Crippen LogP contribution in [0.15, 0.2) is 34.4 Å². The first-order valence-corrected chi connectivity index (χ1v) is 10.6. The topological polar surface area (TPSA) is 0 Å². The van der Waals surface area contributed by atoms with Crippen LogP contribution in [0.1, 0.15) is 86.5 Å². The van der Waals surface area contributed by atoms with E-state index in [1.165, 1.54) is 44.9 Å². The highest BCUT2D eigenvalue weighted by atomic mass is 14.5. The van der Waals surface area contributed by atoms with Gasteiger partial charge < -0.3 is 0 Å². The van der Waals surface area contributed by atoms with Gasteiger partial charge in [-0.25, -0.2) is 0 Å². The van der Waals surface area contributed by atoms with E-state index < -0.39 is 0 Å². The Bertz CT molecular complexity index is 565. The average molecular weight is 327 g/mol. The van der Waals surface area contributed by atoms with Gasteiger partial charge in [-0.15, -0.1) is 0 Å². The lowest BCUT2D eigenvalue weighted by molar-refractivity contribution is 0.205. The minimum Gasteiger partial charge on any atom is -0.0805 e. The van der Waals surface area contributed by atoms with Crippen molar-refractivity contribution in [1.29, 1.82) is 0 Å². The lowest BCUT2D eigenvalue weighted by atomic mass is 9.64. The molecule has 3 unspecified atom stereocenters. The largest absolute Gasteiger partial charge is 0.0805 e. The van der Waals surface area contributed by atoms with Crippen molar-refractivity contribution in [2.75, 3.05) is 0 Å². The number of hydrogen-bond acceptors (Lipinski definition) is 0. The smallest absolute Gasteiger partial charge is 0.00160 e. The van der Waals surface area contributed by atoms with Crippen LogP contribution in [0.3, 0.4) is 0 Å². The van der Waals surface area contributed by atoms with Crippen LogP contribution in [0.4, 0.5) is 0 Å². The fourth-order valence-electron chi connectivity index (χ4n) is 5.89. The van der Waals surface area contributed by atoms with Gasteiger partial charge in [-0.3, -0.25) is 0 Å². The Balaban J connectivity index is 2.06. The first-order chi connectivity index (χ1) is 11.5. The highest BCUT2D eigenvalue weighted by molar-refractivity contribution is 5.48. The van der Waals surface area contributed by atoms with Gasteiger partial charge in [0.15, 0.2) is 0 Å². The Hall–Kier alpha value is -0.780. The Morgan fingerprint density at radius 3 is 2.29 bits per heavy atom.